The molecular weight excluding hydrogens is 242 g/mol. The summed E-state index contributed by atoms with van der Waals surface area (Å²) in [5, 5.41) is 0. The lowest BCUT2D eigenvalue weighted by atomic mass is 10.2. The van der Waals surface area contributed by atoms with Crippen LogP contribution in [-0.2, 0) is 11.3 Å². The number of hydrogen-bond acceptors (Lipinski definition) is 1. The van der Waals surface area contributed by atoms with Crippen LogP contribution in [0.2, 0.25) is 0 Å². The van der Waals surface area contributed by atoms with Crippen LogP contribution < -0.4 is 0 Å². The first-order valence-corrected chi connectivity index (χ1v) is 5.66. The van der Waals surface area contributed by atoms with Gasteiger partial charge in [-0.2, -0.15) is 0 Å². The van der Waals surface area contributed by atoms with Gasteiger partial charge < -0.3 is 4.90 Å². The van der Waals surface area contributed by atoms with Crippen LogP contribution in [0.4, 0.5) is 0 Å². The number of carbonyl (C=O) groups is 1. The molecule has 0 saturated carbocycles. The van der Waals surface area contributed by atoms with Crippen LogP contribution in [-0.4, -0.2) is 22.2 Å². The quantitative estimate of drug-likeness (QED) is 0.741. The third-order valence-corrected chi connectivity index (χ3v) is 3.30. The molecule has 14 heavy (non-hydrogen) atoms. The van der Waals surface area contributed by atoms with Crippen molar-refractivity contribution in [3.05, 3.63) is 35.9 Å². The van der Waals surface area contributed by atoms with Crippen molar-refractivity contribution in [2.75, 3.05) is 6.54 Å². The van der Waals surface area contributed by atoms with E-state index < -0.39 is 0 Å². The molecular formula is C11H12BrNO. The Morgan fingerprint density at radius 2 is 2.07 bits per heavy atom. The van der Waals surface area contributed by atoms with Gasteiger partial charge in [-0.1, -0.05) is 46.3 Å². The Morgan fingerprint density at radius 1 is 1.36 bits per heavy atom. The predicted octanol–water partition coefficient (Wildman–Crippen LogP) is 2.18. The number of carbonyl (C=O) groups excluding carboxylic acids is 1. The van der Waals surface area contributed by atoms with E-state index in [2.05, 4.69) is 28.1 Å². The summed E-state index contributed by atoms with van der Waals surface area (Å²) in [4.78, 5) is 13.5. The van der Waals surface area contributed by atoms with Crippen LogP contribution in [0.5, 0.6) is 0 Å². The molecule has 2 rings (SSSR count). The van der Waals surface area contributed by atoms with Crippen molar-refractivity contribution >= 4 is 21.8 Å². The van der Waals surface area contributed by atoms with E-state index in [4.69, 9.17) is 0 Å². The van der Waals surface area contributed by atoms with Crippen molar-refractivity contribution in [3.8, 4) is 0 Å². The van der Waals surface area contributed by atoms with Gasteiger partial charge in [0.2, 0.25) is 5.91 Å². The van der Waals surface area contributed by atoms with E-state index in [0.29, 0.717) is 0 Å². The van der Waals surface area contributed by atoms with Gasteiger partial charge in [-0.15, -0.1) is 0 Å². The monoisotopic (exact) mass is 253 g/mol. The standard InChI is InChI=1S/C11H12BrNO/c12-10-6-7-13(11(10)14)8-9-4-2-1-3-5-9/h1-5,10H,6-8H2/t10-/m1/s1. The molecule has 1 saturated heterocycles. The number of halogens is 1. The molecule has 1 atom stereocenters. The lowest BCUT2D eigenvalue weighted by molar-refractivity contribution is -0.127. The molecule has 0 radical (unpaired) electrons. The molecule has 1 amide bonds. The SMILES string of the molecule is O=C1[C@H](Br)CCN1Cc1ccccc1. The summed E-state index contributed by atoms with van der Waals surface area (Å²) in [6.45, 7) is 1.60. The number of benzene rings is 1. The normalized spacial score (nSPS) is 21.6. The highest BCUT2D eigenvalue weighted by Gasteiger charge is 2.28. The molecule has 1 aromatic rings. The van der Waals surface area contributed by atoms with E-state index in [9.17, 15) is 4.79 Å². The fourth-order valence-electron chi connectivity index (χ4n) is 1.66. The molecule has 0 N–H and O–H groups in total. The topological polar surface area (TPSA) is 20.3 Å². The highest BCUT2D eigenvalue weighted by molar-refractivity contribution is 9.10. The van der Waals surface area contributed by atoms with Gasteiger partial charge in [-0.25, -0.2) is 0 Å². The Bertz CT molecular complexity index is 325. The van der Waals surface area contributed by atoms with Gasteiger partial charge >= 0.3 is 0 Å². The van der Waals surface area contributed by atoms with Crippen LogP contribution >= 0.6 is 15.9 Å². The van der Waals surface area contributed by atoms with E-state index >= 15 is 0 Å². The zero-order valence-corrected chi connectivity index (χ0v) is 9.40. The van der Waals surface area contributed by atoms with Crippen molar-refractivity contribution in [1.82, 2.24) is 4.90 Å². The van der Waals surface area contributed by atoms with Gasteiger partial charge in [0.1, 0.15) is 0 Å². The summed E-state index contributed by atoms with van der Waals surface area (Å²) >= 11 is 3.37. The molecule has 1 aromatic carbocycles. The van der Waals surface area contributed by atoms with E-state index in [1.54, 1.807) is 0 Å². The second-order valence-corrected chi connectivity index (χ2v) is 4.61. The van der Waals surface area contributed by atoms with Crippen molar-refractivity contribution in [2.45, 2.75) is 17.8 Å². The zero-order valence-electron chi connectivity index (χ0n) is 7.82. The van der Waals surface area contributed by atoms with Gasteiger partial charge in [0.05, 0.1) is 4.83 Å². The third kappa shape index (κ3) is 1.98. The minimum Gasteiger partial charge on any atom is -0.337 e. The molecule has 1 aliphatic rings. The van der Waals surface area contributed by atoms with E-state index in [-0.39, 0.29) is 10.7 Å². The van der Waals surface area contributed by atoms with E-state index in [1.807, 2.05) is 23.1 Å². The number of alkyl halides is 1. The maximum absolute atomic E-state index is 11.6. The third-order valence-electron chi connectivity index (χ3n) is 2.45. The van der Waals surface area contributed by atoms with Crippen LogP contribution in [0.25, 0.3) is 0 Å². The molecule has 0 aliphatic carbocycles. The Balaban J connectivity index is 2.02. The predicted molar refractivity (Wildman–Crippen MR) is 59.2 cm³/mol. The van der Waals surface area contributed by atoms with E-state index in [1.165, 1.54) is 5.56 Å². The summed E-state index contributed by atoms with van der Waals surface area (Å²) in [6.07, 6.45) is 0.922. The van der Waals surface area contributed by atoms with Crippen molar-refractivity contribution in [2.24, 2.45) is 0 Å². The smallest absolute Gasteiger partial charge is 0.236 e. The molecule has 1 fully saturated rings. The summed E-state index contributed by atoms with van der Waals surface area (Å²) in [6, 6.07) is 10.1. The number of nitrogens with zero attached hydrogens (tertiary/aromatic N) is 1. The van der Waals surface area contributed by atoms with Gasteiger partial charge in [0.25, 0.3) is 0 Å². The van der Waals surface area contributed by atoms with Gasteiger partial charge in [0, 0.05) is 13.1 Å². The Kier molecular flexibility index (Phi) is 2.87. The maximum atomic E-state index is 11.6. The lowest BCUT2D eigenvalue weighted by Crippen LogP contribution is -2.26. The molecule has 0 unspecified atom stereocenters. The fourth-order valence-corrected chi connectivity index (χ4v) is 2.16. The largest absolute Gasteiger partial charge is 0.337 e. The summed E-state index contributed by atoms with van der Waals surface area (Å²) < 4.78 is 0. The average molecular weight is 254 g/mol. The fraction of sp³-hybridized carbons (Fsp3) is 0.364. The highest BCUT2D eigenvalue weighted by atomic mass is 79.9. The first kappa shape index (κ1) is 9.71. The first-order valence-electron chi connectivity index (χ1n) is 4.74. The number of rotatable bonds is 2. The minimum atomic E-state index is 0.0335. The van der Waals surface area contributed by atoms with Crippen LogP contribution in [0.3, 0.4) is 0 Å². The van der Waals surface area contributed by atoms with Gasteiger partial charge in [-0.3, -0.25) is 4.79 Å². The summed E-state index contributed by atoms with van der Waals surface area (Å²) in [5.74, 6) is 0.217. The second kappa shape index (κ2) is 4.13. The number of hydrogen-bond donors (Lipinski definition) is 0. The molecule has 2 nitrogen and oxygen atoms in total. The molecule has 0 bridgehead atoms. The number of amides is 1. The van der Waals surface area contributed by atoms with Crippen LogP contribution in [0, 0.1) is 0 Å². The maximum Gasteiger partial charge on any atom is 0.236 e. The van der Waals surface area contributed by atoms with Crippen molar-refractivity contribution in [3.63, 3.8) is 0 Å². The first-order chi connectivity index (χ1) is 6.77. The Morgan fingerprint density at radius 3 is 2.64 bits per heavy atom. The minimum absolute atomic E-state index is 0.0335. The van der Waals surface area contributed by atoms with Gasteiger partial charge in [0.15, 0.2) is 0 Å². The summed E-state index contributed by atoms with van der Waals surface area (Å²) in [7, 11) is 0. The molecule has 74 valence electrons. The Labute approximate surface area is 92.0 Å². The number of likely N-dealkylation sites (tertiary alicyclic amines) is 1. The summed E-state index contributed by atoms with van der Waals surface area (Å²) in [5.41, 5.74) is 1.20. The van der Waals surface area contributed by atoms with Gasteiger partial charge in [-0.05, 0) is 12.0 Å². The average Bonchev–Trinajstić information content (AvgIpc) is 2.52. The van der Waals surface area contributed by atoms with Crippen molar-refractivity contribution < 1.29 is 4.79 Å². The molecule has 1 aliphatic heterocycles. The highest BCUT2D eigenvalue weighted by Crippen LogP contribution is 2.20. The van der Waals surface area contributed by atoms with E-state index in [0.717, 1.165) is 19.5 Å². The zero-order chi connectivity index (χ0) is 9.97. The molecule has 0 aromatic heterocycles. The Hall–Kier alpha value is -0.830. The van der Waals surface area contributed by atoms with Crippen LogP contribution in [0.15, 0.2) is 30.3 Å². The molecule has 3 heteroatoms. The lowest BCUT2D eigenvalue weighted by Gasteiger charge is -2.15. The van der Waals surface area contributed by atoms with Crippen LogP contribution in [0.1, 0.15) is 12.0 Å². The molecule has 1 heterocycles. The molecule has 0 spiro atoms. The second-order valence-electron chi connectivity index (χ2n) is 3.50. The van der Waals surface area contributed by atoms with Crippen molar-refractivity contribution in [1.29, 1.82) is 0 Å².